The summed E-state index contributed by atoms with van der Waals surface area (Å²) in [7, 11) is 0. The van der Waals surface area contributed by atoms with Crippen molar-refractivity contribution in [1.29, 1.82) is 5.41 Å². The van der Waals surface area contributed by atoms with Gasteiger partial charge in [-0.1, -0.05) is 18.2 Å². The van der Waals surface area contributed by atoms with Gasteiger partial charge >= 0.3 is 0 Å². The molecule has 0 fully saturated rings. The molecule has 0 unspecified atom stereocenters. The molecule has 0 saturated heterocycles. The molecule has 2 aromatic rings. The second-order valence-corrected chi connectivity index (χ2v) is 4.57. The van der Waals surface area contributed by atoms with E-state index < -0.39 is 0 Å². The summed E-state index contributed by atoms with van der Waals surface area (Å²) < 4.78 is 2.41. The number of hydrogen-bond acceptors (Lipinski definition) is 1. The van der Waals surface area contributed by atoms with Gasteiger partial charge in [0, 0.05) is 34.4 Å². The molecule has 1 aromatic carbocycles. The fourth-order valence-electron chi connectivity index (χ4n) is 2.85. The number of nitrogens with one attached hydrogen (secondary N) is 1. The van der Waals surface area contributed by atoms with Crippen molar-refractivity contribution in [3.8, 4) is 0 Å². The average Bonchev–Trinajstić information content (AvgIpc) is 2.63. The molecule has 1 aromatic heterocycles. The van der Waals surface area contributed by atoms with E-state index in [9.17, 15) is 0 Å². The highest BCUT2D eigenvalue weighted by Crippen LogP contribution is 2.30. The van der Waals surface area contributed by atoms with Crippen LogP contribution in [0.1, 0.15) is 31.0 Å². The number of hydrogen-bond donors (Lipinski definition) is 1. The maximum Gasteiger partial charge on any atom is 0.0489 e. The Labute approximate surface area is 95.4 Å². The van der Waals surface area contributed by atoms with Crippen LogP contribution in [0.15, 0.2) is 24.3 Å². The van der Waals surface area contributed by atoms with Gasteiger partial charge < -0.3 is 9.98 Å². The minimum absolute atomic E-state index is 0.701. The third-order valence-corrected chi connectivity index (χ3v) is 3.50. The lowest BCUT2D eigenvalue weighted by molar-refractivity contribution is 0.544. The van der Waals surface area contributed by atoms with Crippen molar-refractivity contribution >= 4 is 16.6 Å². The first-order valence-corrected chi connectivity index (χ1v) is 5.94. The lowest BCUT2D eigenvalue weighted by atomic mass is 10.0. The molecule has 0 aliphatic carbocycles. The Kier molecular flexibility index (Phi) is 2.10. The Hall–Kier alpha value is -1.57. The molecule has 2 heteroatoms. The molecule has 1 aliphatic rings. The third-order valence-electron chi connectivity index (χ3n) is 3.50. The van der Waals surface area contributed by atoms with E-state index in [4.69, 9.17) is 5.41 Å². The van der Waals surface area contributed by atoms with Crippen molar-refractivity contribution in [2.45, 2.75) is 32.7 Å². The van der Waals surface area contributed by atoms with Crippen LogP contribution >= 0.6 is 0 Å². The van der Waals surface area contributed by atoms with Crippen LogP contribution in [-0.2, 0) is 13.0 Å². The molecule has 0 bridgehead atoms. The van der Waals surface area contributed by atoms with Gasteiger partial charge in [0.05, 0.1) is 0 Å². The van der Waals surface area contributed by atoms with Crippen LogP contribution in [0.2, 0.25) is 0 Å². The molecule has 0 spiro atoms. The lowest BCUT2D eigenvalue weighted by Crippen LogP contribution is -2.11. The van der Waals surface area contributed by atoms with Crippen molar-refractivity contribution in [2.24, 2.45) is 0 Å². The monoisotopic (exact) mass is 212 g/mol. The number of fused-ring (bicyclic) bond motifs is 3. The molecule has 0 radical (unpaired) electrons. The zero-order valence-electron chi connectivity index (χ0n) is 9.59. The van der Waals surface area contributed by atoms with E-state index in [1.807, 2.05) is 6.92 Å². The summed E-state index contributed by atoms with van der Waals surface area (Å²) in [5, 5.41) is 9.22. The van der Waals surface area contributed by atoms with Crippen molar-refractivity contribution < 1.29 is 0 Å². The highest BCUT2D eigenvalue weighted by Gasteiger charge is 2.19. The lowest BCUT2D eigenvalue weighted by Gasteiger charge is -2.17. The zero-order valence-corrected chi connectivity index (χ0v) is 9.59. The minimum atomic E-state index is 0.701. The van der Waals surface area contributed by atoms with Crippen LogP contribution in [0.4, 0.5) is 0 Å². The molecule has 1 N–H and O–H groups in total. The predicted octanol–water partition coefficient (Wildman–Crippen LogP) is 3.37. The van der Waals surface area contributed by atoms with Gasteiger partial charge in [0.25, 0.3) is 0 Å². The minimum Gasteiger partial charge on any atom is -0.344 e. The molecule has 3 rings (SSSR count). The Bertz CT molecular complexity index is 563. The quantitative estimate of drug-likeness (QED) is 0.702. The van der Waals surface area contributed by atoms with Gasteiger partial charge in [-0.15, -0.1) is 0 Å². The van der Waals surface area contributed by atoms with Crippen LogP contribution in [0.3, 0.4) is 0 Å². The van der Waals surface area contributed by atoms with E-state index >= 15 is 0 Å². The second kappa shape index (κ2) is 3.48. The summed E-state index contributed by atoms with van der Waals surface area (Å²) in [6, 6.07) is 8.48. The standard InChI is InChI=1S/C14H16N2/c1-10(15)14-11-6-2-3-7-12(11)16-9-5-4-8-13(14)16/h2-3,6-7,15H,4-5,8-9H2,1H3. The summed E-state index contributed by atoms with van der Waals surface area (Å²) >= 11 is 0. The number of aryl methyl sites for hydroxylation is 1. The maximum atomic E-state index is 7.96. The number of benzene rings is 1. The Balaban J connectivity index is 2.41. The number of aromatic nitrogens is 1. The largest absolute Gasteiger partial charge is 0.344 e. The number of para-hydroxylation sites is 1. The van der Waals surface area contributed by atoms with Crippen LogP contribution in [-0.4, -0.2) is 10.3 Å². The zero-order chi connectivity index (χ0) is 11.1. The molecule has 0 amide bonds. The molecule has 82 valence electrons. The van der Waals surface area contributed by atoms with E-state index in [-0.39, 0.29) is 0 Å². The first kappa shape index (κ1) is 9.64. The highest BCUT2D eigenvalue weighted by atomic mass is 15.0. The van der Waals surface area contributed by atoms with E-state index in [1.54, 1.807) is 0 Å². The van der Waals surface area contributed by atoms with Crippen LogP contribution in [0, 0.1) is 5.41 Å². The second-order valence-electron chi connectivity index (χ2n) is 4.57. The third kappa shape index (κ3) is 1.22. The molecule has 2 heterocycles. The highest BCUT2D eigenvalue weighted by molar-refractivity contribution is 6.09. The smallest absolute Gasteiger partial charge is 0.0489 e. The summed E-state index contributed by atoms with van der Waals surface area (Å²) in [4.78, 5) is 0. The molecule has 1 aliphatic heterocycles. The van der Waals surface area contributed by atoms with Crippen molar-refractivity contribution in [3.63, 3.8) is 0 Å². The van der Waals surface area contributed by atoms with Gasteiger partial charge in [0.15, 0.2) is 0 Å². The molecular weight excluding hydrogens is 196 g/mol. The van der Waals surface area contributed by atoms with E-state index in [0.717, 1.165) is 13.0 Å². The molecular formula is C14H16N2. The molecule has 0 atom stereocenters. The Morgan fingerprint density at radius 1 is 1.25 bits per heavy atom. The summed E-state index contributed by atoms with van der Waals surface area (Å²) in [5.74, 6) is 0. The molecule has 0 saturated carbocycles. The summed E-state index contributed by atoms with van der Waals surface area (Å²) in [6.07, 6.45) is 3.65. The van der Waals surface area contributed by atoms with E-state index in [1.165, 1.54) is 35.0 Å². The van der Waals surface area contributed by atoms with Gasteiger partial charge in [0.1, 0.15) is 0 Å². The predicted molar refractivity (Wildman–Crippen MR) is 67.4 cm³/mol. The van der Waals surface area contributed by atoms with Crippen LogP contribution in [0.5, 0.6) is 0 Å². The van der Waals surface area contributed by atoms with Gasteiger partial charge in [-0.3, -0.25) is 0 Å². The first-order chi connectivity index (χ1) is 7.79. The van der Waals surface area contributed by atoms with Crippen molar-refractivity contribution in [1.82, 2.24) is 4.57 Å². The van der Waals surface area contributed by atoms with Crippen LogP contribution < -0.4 is 0 Å². The summed E-state index contributed by atoms with van der Waals surface area (Å²) in [6.45, 7) is 3.01. The van der Waals surface area contributed by atoms with Crippen molar-refractivity contribution in [2.75, 3.05) is 0 Å². The number of nitrogens with zero attached hydrogens (tertiary/aromatic N) is 1. The summed E-state index contributed by atoms with van der Waals surface area (Å²) in [5.41, 5.74) is 4.56. The van der Waals surface area contributed by atoms with Gasteiger partial charge in [-0.05, 0) is 32.3 Å². The van der Waals surface area contributed by atoms with E-state index in [0.29, 0.717) is 5.71 Å². The molecule has 16 heavy (non-hydrogen) atoms. The maximum absolute atomic E-state index is 7.96. The van der Waals surface area contributed by atoms with Gasteiger partial charge in [0.2, 0.25) is 0 Å². The fraction of sp³-hybridized carbons (Fsp3) is 0.357. The SMILES string of the molecule is CC(=N)c1c2n(c3ccccc13)CCCC2. The average molecular weight is 212 g/mol. The fourth-order valence-corrected chi connectivity index (χ4v) is 2.85. The Morgan fingerprint density at radius 2 is 2.06 bits per heavy atom. The van der Waals surface area contributed by atoms with Gasteiger partial charge in [-0.2, -0.15) is 0 Å². The Morgan fingerprint density at radius 3 is 2.88 bits per heavy atom. The molecule has 2 nitrogen and oxygen atoms in total. The first-order valence-electron chi connectivity index (χ1n) is 5.94. The normalized spacial score (nSPS) is 15.1. The number of rotatable bonds is 1. The topological polar surface area (TPSA) is 28.8 Å². The van der Waals surface area contributed by atoms with Crippen LogP contribution in [0.25, 0.3) is 10.9 Å². The van der Waals surface area contributed by atoms with Crippen molar-refractivity contribution in [3.05, 3.63) is 35.5 Å². The van der Waals surface area contributed by atoms with E-state index in [2.05, 4.69) is 28.8 Å². The van der Waals surface area contributed by atoms with Gasteiger partial charge in [-0.25, -0.2) is 0 Å².